The number of aliphatic hydroxyl groups excluding tert-OH is 1. The molecule has 70 valence electrons. The summed E-state index contributed by atoms with van der Waals surface area (Å²) in [5, 5.41) is 10.6. The van der Waals surface area contributed by atoms with Crippen LogP contribution < -0.4 is 0 Å². The maximum absolute atomic E-state index is 8.60. The van der Waals surface area contributed by atoms with E-state index in [9.17, 15) is 0 Å². The van der Waals surface area contributed by atoms with Gasteiger partial charge in [0.15, 0.2) is 4.96 Å². The molecule has 0 unspecified atom stereocenters. The van der Waals surface area contributed by atoms with Crippen molar-refractivity contribution in [1.82, 2.24) is 9.38 Å². The highest BCUT2D eigenvalue weighted by Gasteiger charge is 2.01. The molecule has 0 atom stereocenters. The third-order valence-electron chi connectivity index (χ3n) is 1.63. The van der Waals surface area contributed by atoms with Crippen LogP contribution in [0.2, 0.25) is 0 Å². The smallest absolute Gasteiger partial charge is 0.193 e. The SMILES string of the molecule is OCCSCc1cn2ccsc2n1. The van der Waals surface area contributed by atoms with Crippen molar-refractivity contribution in [1.29, 1.82) is 0 Å². The molecule has 5 heteroatoms. The molecule has 0 amide bonds. The molecule has 0 aliphatic heterocycles. The van der Waals surface area contributed by atoms with E-state index >= 15 is 0 Å². The molecule has 0 aromatic carbocycles. The van der Waals surface area contributed by atoms with E-state index < -0.39 is 0 Å². The Hall–Kier alpha value is -0.520. The Balaban J connectivity index is 2.03. The van der Waals surface area contributed by atoms with E-state index in [1.54, 1.807) is 23.1 Å². The quantitative estimate of drug-likeness (QED) is 0.786. The molecule has 0 saturated carbocycles. The third-order valence-corrected chi connectivity index (χ3v) is 3.37. The molecule has 0 fully saturated rings. The van der Waals surface area contributed by atoms with Crippen LogP contribution in [0.25, 0.3) is 4.96 Å². The van der Waals surface area contributed by atoms with Crippen LogP contribution in [0, 0.1) is 0 Å². The lowest BCUT2D eigenvalue weighted by atomic mass is 10.6. The van der Waals surface area contributed by atoms with Gasteiger partial charge in [-0.3, -0.25) is 4.40 Å². The maximum atomic E-state index is 8.60. The van der Waals surface area contributed by atoms with Crippen LogP contribution in [0.15, 0.2) is 17.8 Å². The molecule has 3 nitrogen and oxygen atoms in total. The Morgan fingerprint density at radius 1 is 1.62 bits per heavy atom. The molecule has 2 heterocycles. The number of hydrogen-bond acceptors (Lipinski definition) is 4. The van der Waals surface area contributed by atoms with Gasteiger partial charge in [0, 0.05) is 29.3 Å². The van der Waals surface area contributed by atoms with Gasteiger partial charge in [0.2, 0.25) is 0 Å². The highest BCUT2D eigenvalue weighted by atomic mass is 32.2. The second-order valence-electron chi connectivity index (χ2n) is 2.60. The van der Waals surface area contributed by atoms with Crippen molar-refractivity contribution < 1.29 is 5.11 Å². The second-order valence-corrected chi connectivity index (χ2v) is 4.58. The van der Waals surface area contributed by atoms with Crippen LogP contribution in [0.3, 0.4) is 0 Å². The zero-order valence-electron chi connectivity index (χ0n) is 7.01. The van der Waals surface area contributed by atoms with Crippen molar-refractivity contribution in [3.05, 3.63) is 23.5 Å². The fourth-order valence-electron chi connectivity index (χ4n) is 1.09. The first-order chi connectivity index (χ1) is 6.40. The van der Waals surface area contributed by atoms with E-state index in [0.29, 0.717) is 0 Å². The highest BCUT2D eigenvalue weighted by Crippen LogP contribution is 2.15. The van der Waals surface area contributed by atoms with Crippen molar-refractivity contribution in [3.63, 3.8) is 0 Å². The molecule has 0 spiro atoms. The average Bonchev–Trinajstić information content (AvgIpc) is 2.64. The van der Waals surface area contributed by atoms with Crippen LogP contribution in [0.5, 0.6) is 0 Å². The summed E-state index contributed by atoms with van der Waals surface area (Å²) in [6.07, 6.45) is 4.05. The number of nitrogens with zero attached hydrogens (tertiary/aromatic N) is 2. The van der Waals surface area contributed by atoms with Gasteiger partial charge in [-0.05, 0) is 0 Å². The molecule has 0 aliphatic carbocycles. The van der Waals surface area contributed by atoms with Gasteiger partial charge in [0.25, 0.3) is 0 Å². The molecule has 0 radical (unpaired) electrons. The van der Waals surface area contributed by atoms with E-state index in [0.717, 1.165) is 22.2 Å². The van der Waals surface area contributed by atoms with Gasteiger partial charge < -0.3 is 5.11 Å². The van der Waals surface area contributed by atoms with Crippen molar-refractivity contribution in [3.8, 4) is 0 Å². The first-order valence-electron chi connectivity index (χ1n) is 4.00. The molecular weight excluding hydrogens is 204 g/mol. The van der Waals surface area contributed by atoms with Crippen LogP contribution in [-0.2, 0) is 5.75 Å². The van der Waals surface area contributed by atoms with Gasteiger partial charge in [-0.15, -0.1) is 11.3 Å². The molecule has 2 aromatic heterocycles. The lowest BCUT2D eigenvalue weighted by Crippen LogP contribution is -1.87. The first-order valence-corrected chi connectivity index (χ1v) is 6.03. The number of hydrogen-bond donors (Lipinski definition) is 1. The van der Waals surface area contributed by atoms with Crippen molar-refractivity contribution >= 4 is 28.1 Å². The van der Waals surface area contributed by atoms with E-state index in [4.69, 9.17) is 5.11 Å². The van der Waals surface area contributed by atoms with Gasteiger partial charge in [-0.1, -0.05) is 0 Å². The Kier molecular flexibility index (Phi) is 2.87. The first kappa shape index (κ1) is 9.05. The lowest BCUT2D eigenvalue weighted by molar-refractivity contribution is 0.322. The summed E-state index contributed by atoms with van der Waals surface area (Å²) in [5.74, 6) is 1.67. The number of aromatic nitrogens is 2. The number of imidazole rings is 1. The summed E-state index contributed by atoms with van der Waals surface area (Å²) >= 11 is 3.34. The normalized spacial score (nSPS) is 11.2. The number of fused-ring (bicyclic) bond motifs is 1. The Morgan fingerprint density at radius 2 is 2.54 bits per heavy atom. The van der Waals surface area contributed by atoms with Gasteiger partial charge in [-0.2, -0.15) is 11.8 Å². The third kappa shape index (κ3) is 2.04. The van der Waals surface area contributed by atoms with Crippen molar-refractivity contribution in [2.75, 3.05) is 12.4 Å². The summed E-state index contributed by atoms with van der Waals surface area (Å²) in [5.41, 5.74) is 1.09. The topological polar surface area (TPSA) is 37.5 Å². The minimum Gasteiger partial charge on any atom is -0.396 e. The molecular formula is C8H10N2OS2. The minimum absolute atomic E-state index is 0.243. The molecule has 0 bridgehead atoms. The summed E-state index contributed by atoms with van der Waals surface area (Å²) in [4.78, 5) is 5.46. The summed E-state index contributed by atoms with van der Waals surface area (Å²) in [6, 6.07) is 0. The summed E-state index contributed by atoms with van der Waals surface area (Å²) in [6.45, 7) is 0.243. The molecule has 1 N–H and O–H groups in total. The fraction of sp³-hybridized carbons (Fsp3) is 0.375. The van der Waals surface area contributed by atoms with E-state index in [1.165, 1.54) is 0 Å². The highest BCUT2D eigenvalue weighted by molar-refractivity contribution is 7.98. The van der Waals surface area contributed by atoms with Gasteiger partial charge in [-0.25, -0.2) is 4.98 Å². The molecule has 2 aromatic rings. The molecule has 0 saturated heterocycles. The number of thioether (sulfide) groups is 1. The summed E-state index contributed by atoms with van der Waals surface area (Å²) in [7, 11) is 0. The standard InChI is InChI=1S/C8H10N2OS2/c11-2-4-12-6-7-5-10-1-3-13-8(10)9-7/h1,3,5,11H,2,4,6H2. The predicted octanol–water partition coefficient (Wildman–Crippen LogP) is 1.62. The van der Waals surface area contributed by atoms with Gasteiger partial charge in [0.05, 0.1) is 12.3 Å². The maximum Gasteiger partial charge on any atom is 0.193 e. The molecule has 13 heavy (non-hydrogen) atoms. The average molecular weight is 214 g/mol. The number of rotatable bonds is 4. The Labute approximate surface area is 84.4 Å². The van der Waals surface area contributed by atoms with Crippen LogP contribution in [-0.4, -0.2) is 26.9 Å². The Bertz CT molecular complexity index is 354. The molecule has 0 aliphatic rings. The van der Waals surface area contributed by atoms with Crippen LogP contribution in [0.4, 0.5) is 0 Å². The largest absolute Gasteiger partial charge is 0.396 e. The fourth-order valence-corrected chi connectivity index (χ4v) is 2.43. The van der Waals surface area contributed by atoms with Crippen molar-refractivity contribution in [2.24, 2.45) is 0 Å². The molecule has 2 rings (SSSR count). The zero-order valence-corrected chi connectivity index (χ0v) is 8.64. The van der Waals surface area contributed by atoms with E-state index in [1.807, 2.05) is 22.2 Å². The van der Waals surface area contributed by atoms with E-state index in [-0.39, 0.29) is 6.61 Å². The summed E-state index contributed by atoms with van der Waals surface area (Å²) < 4.78 is 2.03. The monoisotopic (exact) mass is 214 g/mol. The minimum atomic E-state index is 0.243. The van der Waals surface area contributed by atoms with Crippen LogP contribution >= 0.6 is 23.1 Å². The van der Waals surface area contributed by atoms with Crippen LogP contribution in [0.1, 0.15) is 5.69 Å². The zero-order chi connectivity index (χ0) is 9.10. The number of thiazole rings is 1. The lowest BCUT2D eigenvalue weighted by Gasteiger charge is -1.93. The van der Waals surface area contributed by atoms with E-state index in [2.05, 4.69) is 4.98 Å². The number of aliphatic hydroxyl groups is 1. The Morgan fingerprint density at radius 3 is 3.31 bits per heavy atom. The van der Waals surface area contributed by atoms with Crippen molar-refractivity contribution in [2.45, 2.75) is 5.75 Å². The second kappa shape index (κ2) is 4.13. The van der Waals surface area contributed by atoms with Gasteiger partial charge in [0.1, 0.15) is 0 Å². The van der Waals surface area contributed by atoms with Gasteiger partial charge >= 0.3 is 0 Å². The predicted molar refractivity (Wildman–Crippen MR) is 56.3 cm³/mol.